The van der Waals surface area contributed by atoms with E-state index in [-0.39, 0.29) is 0 Å². The number of carbonyl (C=O) groups is 1. The molecule has 0 aliphatic carbocycles. The molecule has 0 heterocycles. The molecule has 0 bridgehead atoms. The smallest absolute Gasteiger partial charge is 0.269 e. The average Bonchev–Trinajstić information content (AvgIpc) is 2.45. The number of hydrogen-bond donors (Lipinski definition) is 1. The molecule has 0 aliphatic rings. The van der Waals surface area contributed by atoms with E-state index in [1.807, 2.05) is 30.0 Å². The zero-order chi connectivity index (χ0) is 14.8. The van der Waals surface area contributed by atoms with E-state index in [0.717, 1.165) is 11.3 Å². The van der Waals surface area contributed by atoms with Crippen molar-refractivity contribution >= 4 is 23.7 Å². The molecule has 0 saturated heterocycles. The molecule has 1 amide bonds. The Balaban J connectivity index is 2.57. The first-order valence-electron chi connectivity index (χ1n) is 7.01. The highest BCUT2D eigenvalue weighted by atomic mass is 32.2. The SMILES string of the molecule is CCCCCCSc1ccccc1/C=C/C(=O)N(C)O. The fraction of sp³-hybridized carbons (Fsp3) is 0.438. The minimum atomic E-state index is -0.423. The van der Waals surface area contributed by atoms with Crippen molar-refractivity contribution < 1.29 is 10.0 Å². The van der Waals surface area contributed by atoms with Crippen LogP contribution in [-0.2, 0) is 4.79 Å². The van der Waals surface area contributed by atoms with Gasteiger partial charge in [0.1, 0.15) is 0 Å². The molecular formula is C16H23NO2S. The van der Waals surface area contributed by atoms with Gasteiger partial charge in [-0.3, -0.25) is 10.0 Å². The highest BCUT2D eigenvalue weighted by Gasteiger charge is 2.02. The van der Waals surface area contributed by atoms with Crippen molar-refractivity contribution in [2.24, 2.45) is 0 Å². The fourth-order valence-corrected chi connectivity index (χ4v) is 2.78. The minimum absolute atomic E-state index is 0.423. The summed E-state index contributed by atoms with van der Waals surface area (Å²) in [5.41, 5.74) is 1.02. The second kappa shape index (κ2) is 9.61. The van der Waals surface area contributed by atoms with Crippen molar-refractivity contribution in [3.05, 3.63) is 35.9 Å². The van der Waals surface area contributed by atoms with Gasteiger partial charge in [0.05, 0.1) is 0 Å². The standard InChI is InChI=1S/C16H23NO2S/c1-3-4-5-8-13-20-15-10-7-6-9-14(15)11-12-16(18)17(2)19/h6-7,9-12,19H,3-5,8,13H2,1-2H3/b12-11+. The summed E-state index contributed by atoms with van der Waals surface area (Å²) in [6, 6.07) is 8.01. The van der Waals surface area contributed by atoms with Crippen molar-refractivity contribution in [3.8, 4) is 0 Å². The molecule has 1 N–H and O–H groups in total. The first-order valence-corrected chi connectivity index (χ1v) is 8.00. The lowest BCUT2D eigenvalue weighted by atomic mass is 10.2. The van der Waals surface area contributed by atoms with Crippen molar-refractivity contribution in [2.75, 3.05) is 12.8 Å². The van der Waals surface area contributed by atoms with Crippen molar-refractivity contribution in [3.63, 3.8) is 0 Å². The predicted molar refractivity (Wildman–Crippen MR) is 84.9 cm³/mol. The predicted octanol–water partition coefficient (Wildman–Crippen LogP) is 4.22. The van der Waals surface area contributed by atoms with Gasteiger partial charge in [0.15, 0.2) is 0 Å². The Morgan fingerprint density at radius 3 is 2.75 bits per heavy atom. The maximum Gasteiger partial charge on any atom is 0.269 e. The van der Waals surface area contributed by atoms with Gasteiger partial charge in [-0.25, -0.2) is 5.06 Å². The van der Waals surface area contributed by atoms with Gasteiger partial charge in [0, 0.05) is 18.0 Å². The lowest BCUT2D eigenvalue weighted by Gasteiger charge is -2.06. The number of carbonyl (C=O) groups excluding carboxylic acids is 1. The summed E-state index contributed by atoms with van der Waals surface area (Å²) >= 11 is 1.82. The Hall–Kier alpha value is -1.26. The largest absolute Gasteiger partial charge is 0.286 e. The Morgan fingerprint density at radius 1 is 1.30 bits per heavy atom. The molecule has 0 atom stereocenters. The normalized spacial score (nSPS) is 10.9. The van der Waals surface area contributed by atoms with Crippen LogP contribution in [0.25, 0.3) is 6.08 Å². The zero-order valence-electron chi connectivity index (χ0n) is 12.2. The molecular weight excluding hydrogens is 270 g/mol. The summed E-state index contributed by atoms with van der Waals surface area (Å²) < 4.78 is 0. The number of unbranched alkanes of at least 4 members (excludes halogenated alkanes) is 3. The van der Waals surface area contributed by atoms with Gasteiger partial charge < -0.3 is 0 Å². The number of nitrogens with zero attached hydrogens (tertiary/aromatic N) is 1. The number of rotatable bonds is 8. The topological polar surface area (TPSA) is 40.5 Å². The molecule has 0 aliphatic heterocycles. The van der Waals surface area contributed by atoms with Crippen LogP contribution in [0, 0.1) is 0 Å². The molecule has 110 valence electrons. The summed E-state index contributed by atoms with van der Waals surface area (Å²) in [6.07, 6.45) is 8.17. The van der Waals surface area contributed by atoms with E-state index in [0.29, 0.717) is 5.06 Å². The summed E-state index contributed by atoms with van der Waals surface area (Å²) in [4.78, 5) is 12.5. The van der Waals surface area contributed by atoms with Crippen LogP contribution in [0.4, 0.5) is 0 Å². The number of amides is 1. The van der Waals surface area contributed by atoms with E-state index in [9.17, 15) is 4.79 Å². The van der Waals surface area contributed by atoms with Crippen LogP contribution < -0.4 is 0 Å². The molecule has 1 rings (SSSR count). The lowest BCUT2D eigenvalue weighted by Crippen LogP contribution is -2.19. The molecule has 4 heteroatoms. The zero-order valence-corrected chi connectivity index (χ0v) is 13.0. The molecule has 20 heavy (non-hydrogen) atoms. The summed E-state index contributed by atoms with van der Waals surface area (Å²) in [5.74, 6) is 0.673. The number of benzene rings is 1. The first kappa shape index (κ1) is 16.8. The Morgan fingerprint density at radius 2 is 2.05 bits per heavy atom. The van der Waals surface area contributed by atoms with Crippen LogP contribution in [0.5, 0.6) is 0 Å². The van der Waals surface area contributed by atoms with Crippen molar-refractivity contribution in [1.29, 1.82) is 0 Å². The van der Waals surface area contributed by atoms with E-state index >= 15 is 0 Å². The second-order valence-electron chi connectivity index (χ2n) is 4.64. The fourth-order valence-electron chi connectivity index (χ4n) is 1.73. The Kier molecular flexibility index (Phi) is 8.07. The number of hydroxylamine groups is 2. The number of likely N-dealkylation sites (N-methyl/N-ethyl adjacent to an activating group) is 1. The maximum atomic E-state index is 11.3. The van der Waals surface area contributed by atoms with Gasteiger partial charge in [-0.1, -0.05) is 44.4 Å². The highest BCUT2D eigenvalue weighted by Crippen LogP contribution is 2.25. The monoisotopic (exact) mass is 293 g/mol. The number of thioether (sulfide) groups is 1. The molecule has 0 aromatic heterocycles. The second-order valence-corrected chi connectivity index (χ2v) is 5.78. The molecule has 1 aromatic rings. The maximum absolute atomic E-state index is 11.3. The van der Waals surface area contributed by atoms with Gasteiger partial charge in [0.25, 0.3) is 5.91 Å². The minimum Gasteiger partial charge on any atom is -0.286 e. The van der Waals surface area contributed by atoms with Crippen LogP contribution in [0.2, 0.25) is 0 Å². The summed E-state index contributed by atoms with van der Waals surface area (Å²) in [5, 5.41) is 9.60. The van der Waals surface area contributed by atoms with E-state index < -0.39 is 5.91 Å². The third-order valence-electron chi connectivity index (χ3n) is 2.90. The third kappa shape index (κ3) is 6.26. The molecule has 0 saturated carbocycles. The summed E-state index contributed by atoms with van der Waals surface area (Å²) in [6.45, 7) is 2.21. The average molecular weight is 293 g/mol. The highest BCUT2D eigenvalue weighted by molar-refractivity contribution is 7.99. The van der Waals surface area contributed by atoms with E-state index in [1.165, 1.54) is 43.7 Å². The van der Waals surface area contributed by atoms with Gasteiger partial charge in [0.2, 0.25) is 0 Å². The third-order valence-corrected chi connectivity index (χ3v) is 4.07. The van der Waals surface area contributed by atoms with Gasteiger partial charge >= 0.3 is 0 Å². The van der Waals surface area contributed by atoms with Crippen LogP contribution in [0.15, 0.2) is 35.2 Å². The first-order chi connectivity index (χ1) is 9.65. The molecule has 3 nitrogen and oxygen atoms in total. The van der Waals surface area contributed by atoms with Crippen LogP contribution in [0.1, 0.15) is 38.2 Å². The van der Waals surface area contributed by atoms with E-state index in [2.05, 4.69) is 13.0 Å². The number of hydrogen-bond acceptors (Lipinski definition) is 3. The summed E-state index contributed by atoms with van der Waals surface area (Å²) in [7, 11) is 1.32. The Bertz CT molecular complexity index is 444. The van der Waals surface area contributed by atoms with Crippen molar-refractivity contribution in [1.82, 2.24) is 5.06 Å². The van der Waals surface area contributed by atoms with Crippen LogP contribution in [-0.4, -0.2) is 29.0 Å². The van der Waals surface area contributed by atoms with Crippen LogP contribution >= 0.6 is 11.8 Å². The molecule has 0 radical (unpaired) electrons. The van der Waals surface area contributed by atoms with Crippen LogP contribution in [0.3, 0.4) is 0 Å². The molecule has 0 fully saturated rings. The van der Waals surface area contributed by atoms with Gasteiger partial charge in [-0.15, -0.1) is 11.8 Å². The molecule has 1 aromatic carbocycles. The molecule has 0 unspecified atom stereocenters. The van der Waals surface area contributed by atoms with E-state index in [4.69, 9.17) is 5.21 Å². The van der Waals surface area contributed by atoms with E-state index in [1.54, 1.807) is 6.08 Å². The Labute approximate surface area is 125 Å². The lowest BCUT2D eigenvalue weighted by molar-refractivity contribution is -0.153. The molecule has 0 spiro atoms. The van der Waals surface area contributed by atoms with Gasteiger partial charge in [-0.05, 0) is 29.9 Å². The van der Waals surface area contributed by atoms with Crippen molar-refractivity contribution in [2.45, 2.75) is 37.5 Å². The quantitative estimate of drug-likeness (QED) is 0.256. The van der Waals surface area contributed by atoms with Gasteiger partial charge in [-0.2, -0.15) is 0 Å².